The van der Waals surface area contributed by atoms with E-state index in [0.717, 1.165) is 0 Å². The van der Waals surface area contributed by atoms with Crippen LogP contribution < -0.4 is 15.1 Å². The van der Waals surface area contributed by atoms with Gasteiger partial charge >= 0.3 is 5.63 Å². The number of hydrogen-bond donors (Lipinski definition) is 4. The van der Waals surface area contributed by atoms with Gasteiger partial charge in [0.25, 0.3) is 0 Å². The van der Waals surface area contributed by atoms with Crippen LogP contribution in [0.15, 0.2) is 27.4 Å². The second-order valence-electron chi connectivity index (χ2n) is 5.94. The molecule has 0 spiro atoms. The van der Waals surface area contributed by atoms with Crippen molar-refractivity contribution in [2.45, 2.75) is 30.5 Å². The minimum absolute atomic E-state index is 0.0537. The molecule has 1 fully saturated rings. The molecule has 0 saturated carbocycles. The molecule has 2 aromatic rings. The van der Waals surface area contributed by atoms with Gasteiger partial charge in [-0.15, -0.1) is 0 Å². The number of hydrogen-bond acceptors (Lipinski definition) is 9. The first-order chi connectivity index (χ1) is 12.4. The lowest BCUT2D eigenvalue weighted by molar-refractivity contribution is -0.231. The molecule has 0 amide bonds. The topological polar surface area (TPSA) is 139 Å². The molecule has 2 heterocycles. The van der Waals surface area contributed by atoms with Crippen molar-refractivity contribution in [3.8, 4) is 11.5 Å². The van der Waals surface area contributed by atoms with Crippen molar-refractivity contribution in [3.63, 3.8) is 0 Å². The molecule has 0 bridgehead atoms. The number of aliphatic hydroxyl groups is 4. The van der Waals surface area contributed by atoms with E-state index in [1.807, 2.05) is 0 Å². The predicted molar refractivity (Wildman–Crippen MR) is 88.3 cm³/mol. The highest BCUT2D eigenvalue weighted by Gasteiger charge is 2.46. The molecule has 1 saturated heterocycles. The fourth-order valence-electron chi connectivity index (χ4n) is 3.14. The van der Waals surface area contributed by atoms with Gasteiger partial charge in [-0.3, -0.25) is 0 Å². The molecule has 1 aliphatic heterocycles. The van der Waals surface area contributed by atoms with Crippen LogP contribution in [0.4, 0.5) is 0 Å². The number of methoxy groups -OCH3 is 2. The van der Waals surface area contributed by atoms with Crippen molar-refractivity contribution < 1.29 is 39.1 Å². The van der Waals surface area contributed by atoms with E-state index in [1.54, 1.807) is 0 Å². The van der Waals surface area contributed by atoms with E-state index in [1.165, 1.54) is 32.4 Å². The molecule has 9 nitrogen and oxygen atoms in total. The van der Waals surface area contributed by atoms with Crippen molar-refractivity contribution in [2.75, 3.05) is 20.8 Å². The number of fused-ring (bicyclic) bond motifs is 1. The van der Waals surface area contributed by atoms with Gasteiger partial charge in [0.2, 0.25) is 0 Å². The molecule has 3 rings (SSSR count). The van der Waals surface area contributed by atoms with Crippen molar-refractivity contribution in [1.82, 2.24) is 0 Å². The summed E-state index contributed by atoms with van der Waals surface area (Å²) in [6.45, 7) is -0.582. The highest BCUT2D eigenvalue weighted by Crippen LogP contribution is 2.43. The largest absolute Gasteiger partial charge is 0.496 e. The summed E-state index contributed by atoms with van der Waals surface area (Å²) < 4.78 is 21.5. The van der Waals surface area contributed by atoms with Gasteiger partial charge in [0.15, 0.2) is 5.58 Å². The van der Waals surface area contributed by atoms with Crippen LogP contribution in [0.2, 0.25) is 0 Å². The SMILES string of the molecule is COc1cc(OC)c2ccc(=O)oc2c1[C@@H]1O[C@H](CO)[C@@H](O)[C@H](O)[C@H]1O. The monoisotopic (exact) mass is 368 g/mol. The van der Waals surface area contributed by atoms with Gasteiger partial charge in [0.05, 0.1) is 31.8 Å². The Bertz CT molecular complexity index is 844. The lowest BCUT2D eigenvalue weighted by atomic mass is 9.90. The maximum atomic E-state index is 11.8. The molecule has 1 aromatic heterocycles. The van der Waals surface area contributed by atoms with Crippen molar-refractivity contribution in [3.05, 3.63) is 34.2 Å². The third kappa shape index (κ3) is 2.93. The molecule has 9 heteroatoms. The summed E-state index contributed by atoms with van der Waals surface area (Å²) in [6.07, 6.45) is -6.98. The maximum absolute atomic E-state index is 11.8. The van der Waals surface area contributed by atoms with Crippen LogP contribution in [-0.2, 0) is 4.74 Å². The van der Waals surface area contributed by atoms with Crippen molar-refractivity contribution >= 4 is 11.0 Å². The fraction of sp³-hybridized carbons (Fsp3) is 0.471. The number of rotatable bonds is 4. The summed E-state index contributed by atoms with van der Waals surface area (Å²) in [5.74, 6) is 0.557. The Balaban J connectivity index is 2.26. The molecule has 0 unspecified atom stereocenters. The van der Waals surface area contributed by atoms with Gasteiger partial charge in [-0.1, -0.05) is 0 Å². The van der Waals surface area contributed by atoms with Crippen LogP contribution in [0.5, 0.6) is 11.5 Å². The number of benzene rings is 1. The summed E-state index contributed by atoms with van der Waals surface area (Å²) in [5, 5.41) is 40.3. The molecule has 1 aliphatic rings. The molecule has 26 heavy (non-hydrogen) atoms. The van der Waals surface area contributed by atoms with Gasteiger partial charge in [-0.05, 0) is 6.07 Å². The smallest absolute Gasteiger partial charge is 0.336 e. The lowest BCUT2D eigenvalue weighted by Crippen LogP contribution is -2.55. The minimum atomic E-state index is -1.58. The van der Waals surface area contributed by atoms with E-state index < -0.39 is 42.8 Å². The van der Waals surface area contributed by atoms with E-state index in [-0.39, 0.29) is 16.9 Å². The zero-order valence-electron chi connectivity index (χ0n) is 14.2. The van der Waals surface area contributed by atoms with E-state index >= 15 is 0 Å². The van der Waals surface area contributed by atoms with Gasteiger partial charge in [-0.2, -0.15) is 0 Å². The Hall–Kier alpha value is -2.17. The first kappa shape index (κ1) is 18.6. The van der Waals surface area contributed by atoms with Crippen molar-refractivity contribution in [1.29, 1.82) is 0 Å². The van der Waals surface area contributed by atoms with Gasteiger partial charge in [0, 0.05) is 12.1 Å². The first-order valence-electron chi connectivity index (χ1n) is 7.92. The Labute approximate surface area is 148 Å². The Morgan fingerprint density at radius 2 is 1.73 bits per heavy atom. The molecule has 0 aliphatic carbocycles. The zero-order valence-corrected chi connectivity index (χ0v) is 14.2. The van der Waals surface area contributed by atoms with Crippen LogP contribution in [0.1, 0.15) is 11.7 Å². The fourth-order valence-corrected chi connectivity index (χ4v) is 3.14. The van der Waals surface area contributed by atoms with Crippen LogP contribution >= 0.6 is 0 Å². The average molecular weight is 368 g/mol. The molecular weight excluding hydrogens is 348 g/mol. The van der Waals surface area contributed by atoms with Gasteiger partial charge < -0.3 is 39.1 Å². The number of ether oxygens (including phenoxy) is 3. The highest BCUT2D eigenvalue weighted by molar-refractivity contribution is 5.88. The van der Waals surface area contributed by atoms with Gasteiger partial charge in [0.1, 0.15) is 42.0 Å². The first-order valence-corrected chi connectivity index (χ1v) is 7.92. The van der Waals surface area contributed by atoms with E-state index in [0.29, 0.717) is 11.1 Å². The average Bonchev–Trinajstić information content (AvgIpc) is 2.65. The highest BCUT2D eigenvalue weighted by atomic mass is 16.5. The summed E-state index contributed by atoms with van der Waals surface area (Å²) in [7, 11) is 2.81. The molecule has 1 aromatic carbocycles. The van der Waals surface area contributed by atoms with Crippen molar-refractivity contribution in [2.24, 2.45) is 0 Å². The maximum Gasteiger partial charge on any atom is 0.336 e. The van der Waals surface area contributed by atoms with Crippen LogP contribution in [0.3, 0.4) is 0 Å². The Kier molecular flexibility index (Phi) is 5.17. The van der Waals surface area contributed by atoms with Crippen LogP contribution in [0.25, 0.3) is 11.0 Å². The number of aliphatic hydroxyl groups excluding tert-OH is 4. The summed E-state index contributed by atoms with van der Waals surface area (Å²) in [5.41, 5.74) is -0.422. The van der Waals surface area contributed by atoms with E-state index in [9.17, 15) is 25.2 Å². The summed E-state index contributed by atoms with van der Waals surface area (Å²) in [6, 6.07) is 4.24. The molecule has 4 N–H and O–H groups in total. The molecular formula is C17H20O9. The molecule has 0 radical (unpaired) electrons. The predicted octanol–water partition coefficient (Wildman–Crippen LogP) is -0.675. The lowest BCUT2D eigenvalue weighted by Gasteiger charge is -2.40. The van der Waals surface area contributed by atoms with E-state index in [2.05, 4.69) is 0 Å². The molecule has 5 atom stereocenters. The Morgan fingerprint density at radius 3 is 2.35 bits per heavy atom. The van der Waals surface area contributed by atoms with E-state index in [4.69, 9.17) is 18.6 Å². The molecule has 142 valence electrons. The third-order valence-electron chi connectivity index (χ3n) is 4.49. The zero-order chi connectivity index (χ0) is 19.0. The van der Waals surface area contributed by atoms with Crippen LogP contribution in [0, 0.1) is 0 Å². The summed E-state index contributed by atoms with van der Waals surface area (Å²) >= 11 is 0. The Morgan fingerprint density at radius 1 is 1.04 bits per heavy atom. The summed E-state index contributed by atoms with van der Waals surface area (Å²) in [4.78, 5) is 11.8. The quantitative estimate of drug-likeness (QED) is 0.517. The standard InChI is InChI=1S/C17H20O9/c1-23-8-5-9(24-2)12(16-7(8)3-4-11(19)26-16)17-15(22)14(21)13(20)10(6-18)25-17/h3-5,10,13-15,17-18,20-22H,6H2,1-2H3/t10-,13-,14+,15-,17+/m1/s1. The second kappa shape index (κ2) is 7.22. The third-order valence-corrected chi connectivity index (χ3v) is 4.49. The minimum Gasteiger partial charge on any atom is -0.496 e. The van der Waals surface area contributed by atoms with Crippen LogP contribution in [-0.4, -0.2) is 65.7 Å². The second-order valence-corrected chi connectivity index (χ2v) is 5.94. The van der Waals surface area contributed by atoms with Gasteiger partial charge in [-0.25, -0.2) is 4.79 Å². The normalized spacial score (nSPS) is 28.9.